The molecular formula is C9H12N2O. The van der Waals surface area contributed by atoms with E-state index in [1.54, 1.807) is 0 Å². The first-order chi connectivity index (χ1) is 5.75. The van der Waals surface area contributed by atoms with Crippen molar-refractivity contribution in [3.63, 3.8) is 0 Å². The second kappa shape index (κ2) is 3.99. The summed E-state index contributed by atoms with van der Waals surface area (Å²) in [5.74, 6) is -0.138. The fraction of sp³-hybridized carbons (Fsp3) is 0.222. The molecule has 0 fully saturated rings. The fourth-order valence-electron chi connectivity index (χ4n) is 0.973. The Kier molecular flexibility index (Phi) is 2.96. The van der Waals surface area contributed by atoms with Gasteiger partial charge in [-0.15, -0.1) is 0 Å². The molecule has 1 aromatic carbocycles. The second-order valence-electron chi connectivity index (χ2n) is 2.56. The minimum atomic E-state index is -0.573. The zero-order chi connectivity index (χ0) is 8.97. The van der Waals surface area contributed by atoms with Crippen LogP contribution in [-0.4, -0.2) is 12.3 Å². The number of rotatable bonds is 3. The van der Waals surface area contributed by atoms with Crippen molar-refractivity contribution in [2.75, 3.05) is 6.54 Å². The predicted molar refractivity (Wildman–Crippen MR) is 47.4 cm³/mol. The zero-order valence-electron chi connectivity index (χ0n) is 6.73. The third-order valence-electron chi connectivity index (χ3n) is 1.71. The molecule has 0 spiro atoms. The lowest BCUT2D eigenvalue weighted by Gasteiger charge is -2.08. The van der Waals surface area contributed by atoms with E-state index in [4.69, 9.17) is 11.5 Å². The van der Waals surface area contributed by atoms with Gasteiger partial charge in [0.25, 0.3) is 0 Å². The predicted octanol–water partition coefficient (Wildman–Crippen LogP) is 0.214. The Morgan fingerprint density at radius 2 is 1.92 bits per heavy atom. The van der Waals surface area contributed by atoms with Crippen molar-refractivity contribution in [1.29, 1.82) is 0 Å². The van der Waals surface area contributed by atoms with Crippen LogP contribution in [-0.2, 0) is 4.79 Å². The lowest BCUT2D eigenvalue weighted by atomic mass is 10.0. The van der Waals surface area contributed by atoms with Crippen LogP contribution in [0.5, 0.6) is 0 Å². The molecule has 1 atom stereocenters. The van der Waals surface area contributed by atoms with Crippen molar-refractivity contribution < 1.29 is 4.79 Å². The molecule has 12 heavy (non-hydrogen) atoms. The van der Waals surface area contributed by atoms with Crippen LogP contribution in [0.15, 0.2) is 30.3 Å². The van der Waals surface area contributed by atoms with Crippen LogP contribution in [0, 0.1) is 0 Å². The number of carbonyl (C=O) groups excluding carboxylic acids is 1. The minimum absolute atomic E-state index is 0.00391. The first-order valence-electron chi connectivity index (χ1n) is 3.79. The highest BCUT2D eigenvalue weighted by Gasteiger charge is 2.12. The molecule has 0 aromatic heterocycles. The number of nitrogens with two attached hydrogens (primary N) is 2. The maximum atomic E-state index is 11.1. The quantitative estimate of drug-likeness (QED) is 0.671. The molecule has 1 aromatic rings. The molecule has 0 saturated heterocycles. The van der Waals surface area contributed by atoms with Gasteiger partial charge in [0, 0.05) is 0 Å². The van der Waals surface area contributed by atoms with Crippen molar-refractivity contribution >= 4 is 5.78 Å². The lowest BCUT2D eigenvalue weighted by molar-refractivity contribution is -0.119. The molecule has 3 heteroatoms. The van der Waals surface area contributed by atoms with E-state index in [0.717, 1.165) is 5.56 Å². The standard InChI is InChI=1S/C9H12N2O/c10-6-8(12)9(11)7-4-2-1-3-5-7/h1-5,9H,6,10-11H2. The van der Waals surface area contributed by atoms with Gasteiger partial charge in [-0.1, -0.05) is 30.3 Å². The van der Waals surface area contributed by atoms with Gasteiger partial charge < -0.3 is 11.5 Å². The molecule has 1 rings (SSSR count). The summed E-state index contributed by atoms with van der Waals surface area (Å²) in [5.41, 5.74) is 11.6. The molecule has 64 valence electrons. The number of benzene rings is 1. The number of carbonyl (C=O) groups is 1. The van der Waals surface area contributed by atoms with Gasteiger partial charge in [-0.05, 0) is 5.56 Å². The van der Waals surface area contributed by atoms with Crippen molar-refractivity contribution in [1.82, 2.24) is 0 Å². The third-order valence-corrected chi connectivity index (χ3v) is 1.71. The molecule has 1 unspecified atom stereocenters. The molecule has 0 aliphatic carbocycles. The maximum absolute atomic E-state index is 11.1. The van der Waals surface area contributed by atoms with E-state index in [-0.39, 0.29) is 12.3 Å². The number of ketones is 1. The zero-order valence-corrected chi connectivity index (χ0v) is 6.73. The number of hydrogen-bond acceptors (Lipinski definition) is 3. The van der Waals surface area contributed by atoms with E-state index in [9.17, 15) is 4.79 Å². The monoisotopic (exact) mass is 164 g/mol. The van der Waals surface area contributed by atoms with Gasteiger partial charge in [-0.25, -0.2) is 0 Å². The second-order valence-corrected chi connectivity index (χ2v) is 2.56. The van der Waals surface area contributed by atoms with Crippen LogP contribution in [0.1, 0.15) is 11.6 Å². The Balaban J connectivity index is 2.78. The fourth-order valence-corrected chi connectivity index (χ4v) is 0.973. The molecule has 0 aliphatic rings. The highest BCUT2D eigenvalue weighted by molar-refractivity contribution is 5.86. The van der Waals surface area contributed by atoms with Crippen LogP contribution in [0.3, 0.4) is 0 Å². The number of Topliss-reactive ketones (excluding diaryl/α,β-unsaturated/α-hetero) is 1. The van der Waals surface area contributed by atoms with Gasteiger partial charge in [-0.3, -0.25) is 4.79 Å². The summed E-state index contributed by atoms with van der Waals surface area (Å²) in [6.45, 7) is -0.00391. The summed E-state index contributed by atoms with van der Waals surface area (Å²) in [6.07, 6.45) is 0. The Hall–Kier alpha value is -1.19. The summed E-state index contributed by atoms with van der Waals surface area (Å²) in [6, 6.07) is 8.63. The van der Waals surface area contributed by atoms with E-state index in [1.807, 2.05) is 30.3 Å². The first-order valence-corrected chi connectivity index (χ1v) is 3.79. The summed E-state index contributed by atoms with van der Waals surface area (Å²) < 4.78 is 0. The van der Waals surface area contributed by atoms with E-state index < -0.39 is 6.04 Å². The van der Waals surface area contributed by atoms with Crippen LogP contribution in [0.25, 0.3) is 0 Å². The molecule has 0 bridgehead atoms. The number of hydrogen-bond donors (Lipinski definition) is 2. The van der Waals surface area contributed by atoms with Crippen molar-refractivity contribution in [2.24, 2.45) is 11.5 Å². The van der Waals surface area contributed by atoms with Gasteiger partial charge in [-0.2, -0.15) is 0 Å². The summed E-state index contributed by atoms with van der Waals surface area (Å²) in [7, 11) is 0. The SMILES string of the molecule is NCC(=O)C(N)c1ccccc1. The molecule has 0 saturated carbocycles. The minimum Gasteiger partial charge on any atom is -0.324 e. The topological polar surface area (TPSA) is 69.1 Å². The Morgan fingerprint density at radius 3 is 2.42 bits per heavy atom. The molecule has 4 N–H and O–H groups in total. The lowest BCUT2D eigenvalue weighted by Crippen LogP contribution is -2.27. The molecule has 0 amide bonds. The normalized spacial score (nSPS) is 12.5. The molecule has 3 nitrogen and oxygen atoms in total. The average Bonchev–Trinajstić information content (AvgIpc) is 2.17. The Labute approximate surface area is 71.4 Å². The van der Waals surface area contributed by atoms with E-state index in [1.165, 1.54) is 0 Å². The van der Waals surface area contributed by atoms with Gasteiger partial charge in [0.15, 0.2) is 5.78 Å². The molecule has 0 radical (unpaired) electrons. The summed E-state index contributed by atoms with van der Waals surface area (Å²) in [5, 5.41) is 0. The maximum Gasteiger partial charge on any atom is 0.167 e. The van der Waals surface area contributed by atoms with Crippen LogP contribution in [0.2, 0.25) is 0 Å². The average molecular weight is 164 g/mol. The largest absolute Gasteiger partial charge is 0.324 e. The third kappa shape index (κ3) is 1.90. The first kappa shape index (κ1) is 8.90. The summed E-state index contributed by atoms with van der Waals surface area (Å²) >= 11 is 0. The smallest absolute Gasteiger partial charge is 0.167 e. The molecule has 0 aliphatic heterocycles. The van der Waals surface area contributed by atoms with Gasteiger partial charge in [0.05, 0.1) is 12.6 Å². The van der Waals surface area contributed by atoms with E-state index in [0.29, 0.717) is 0 Å². The van der Waals surface area contributed by atoms with Gasteiger partial charge in [0.1, 0.15) is 0 Å². The van der Waals surface area contributed by atoms with Crippen LogP contribution in [0.4, 0.5) is 0 Å². The molecule has 0 heterocycles. The van der Waals surface area contributed by atoms with E-state index in [2.05, 4.69) is 0 Å². The highest BCUT2D eigenvalue weighted by atomic mass is 16.1. The van der Waals surface area contributed by atoms with Crippen LogP contribution >= 0.6 is 0 Å². The Morgan fingerprint density at radius 1 is 1.33 bits per heavy atom. The Bertz CT molecular complexity index is 258. The van der Waals surface area contributed by atoms with Crippen molar-refractivity contribution in [3.8, 4) is 0 Å². The van der Waals surface area contributed by atoms with Crippen molar-refractivity contribution in [2.45, 2.75) is 6.04 Å². The molecular weight excluding hydrogens is 152 g/mol. The van der Waals surface area contributed by atoms with Gasteiger partial charge >= 0.3 is 0 Å². The van der Waals surface area contributed by atoms with Gasteiger partial charge in [0.2, 0.25) is 0 Å². The van der Waals surface area contributed by atoms with Crippen LogP contribution < -0.4 is 11.5 Å². The van der Waals surface area contributed by atoms with Crippen molar-refractivity contribution in [3.05, 3.63) is 35.9 Å². The summed E-state index contributed by atoms with van der Waals surface area (Å²) in [4.78, 5) is 11.1. The highest BCUT2D eigenvalue weighted by Crippen LogP contribution is 2.09. The van der Waals surface area contributed by atoms with E-state index >= 15 is 0 Å².